The molecule has 0 bridgehead atoms. The molecule has 0 saturated carbocycles. The second-order valence-electron chi connectivity index (χ2n) is 10.6. The summed E-state index contributed by atoms with van der Waals surface area (Å²) in [6.45, 7) is 9.79. The highest BCUT2D eigenvalue weighted by molar-refractivity contribution is 7.87. The van der Waals surface area contributed by atoms with Gasteiger partial charge in [-0.15, -0.1) is 0 Å². The van der Waals surface area contributed by atoms with Crippen molar-refractivity contribution in [3.05, 3.63) is 59.7 Å². The summed E-state index contributed by atoms with van der Waals surface area (Å²) >= 11 is 0. The van der Waals surface area contributed by atoms with Gasteiger partial charge in [0.25, 0.3) is 20.2 Å². The first kappa shape index (κ1) is 34.6. The average molecular weight is 629 g/mol. The van der Waals surface area contributed by atoms with E-state index < -0.39 is 20.2 Å². The van der Waals surface area contributed by atoms with E-state index in [9.17, 15) is 16.8 Å². The minimum atomic E-state index is -3.70. The van der Waals surface area contributed by atoms with Crippen molar-refractivity contribution in [1.82, 2.24) is 0 Å². The fourth-order valence-electron chi connectivity index (χ4n) is 4.48. The van der Waals surface area contributed by atoms with Gasteiger partial charge >= 0.3 is 0 Å². The molecule has 236 valence electrons. The van der Waals surface area contributed by atoms with Gasteiger partial charge in [0.2, 0.25) is 0 Å². The van der Waals surface area contributed by atoms with E-state index >= 15 is 0 Å². The fourth-order valence-corrected chi connectivity index (χ4v) is 6.27. The topological polar surface area (TPSA) is 124 Å². The number of aryl methyl sites for hydroxylation is 2. The molecule has 0 N–H and O–H groups in total. The molecule has 4 unspecified atom stereocenters. The molecule has 4 rings (SSSR count). The summed E-state index contributed by atoms with van der Waals surface area (Å²) < 4.78 is 79.9. The minimum absolute atomic E-state index is 0.0297. The second kappa shape index (κ2) is 16.8. The first-order chi connectivity index (χ1) is 19.9. The van der Waals surface area contributed by atoms with Gasteiger partial charge in [0, 0.05) is 13.2 Å². The maximum Gasteiger partial charge on any atom is 0.297 e. The summed E-state index contributed by atoms with van der Waals surface area (Å²) in [5.74, 6) is 0. The Bertz CT molecular complexity index is 1180. The quantitative estimate of drug-likeness (QED) is 0.244. The largest absolute Gasteiger partial charge is 0.378 e. The van der Waals surface area contributed by atoms with Gasteiger partial charge < -0.3 is 18.9 Å². The molecule has 2 saturated heterocycles. The molecular formula is C30H44O10S2. The van der Waals surface area contributed by atoms with Crippen molar-refractivity contribution < 1.29 is 44.1 Å². The molecule has 0 radical (unpaired) electrons. The summed E-state index contributed by atoms with van der Waals surface area (Å²) in [6.07, 6.45) is 4.00. The number of benzene rings is 2. The van der Waals surface area contributed by atoms with Crippen molar-refractivity contribution in [2.75, 3.05) is 39.6 Å². The van der Waals surface area contributed by atoms with E-state index in [1.54, 1.807) is 48.5 Å². The SMILES string of the molecule is Cc1ccc(S(=O)(=O)OCCOC2CCOC(C)C2)cc1.Cc1ccc(S(=O)(=O)OCCOC2CCOC(C)C2)cc1. The zero-order valence-corrected chi connectivity index (χ0v) is 26.5. The summed E-state index contributed by atoms with van der Waals surface area (Å²) in [5, 5.41) is 0. The van der Waals surface area contributed by atoms with E-state index in [2.05, 4.69) is 0 Å². The monoisotopic (exact) mass is 628 g/mol. The van der Waals surface area contributed by atoms with Gasteiger partial charge in [-0.25, -0.2) is 0 Å². The third-order valence-electron chi connectivity index (χ3n) is 6.84. The van der Waals surface area contributed by atoms with Crippen LogP contribution >= 0.6 is 0 Å². The van der Waals surface area contributed by atoms with Crippen LogP contribution in [0.15, 0.2) is 58.3 Å². The molecule has 2 aromatic rings. The zero-order valence-electron chi connectivity index (χ0n) is 24.9. The van der Waals surface area contributed by atoms with E-state index in [0.29, 0.717) is 13.2 Å². The lowest BCUT2D eigenvalue weighted by molar-refractivity contribution is -0.0700. The Hall–Kier alpha value is -1.90. The molecule has 10 nitrogen and oxygen atoms in total. The molecular weight excluding hydrogens is 584 g/mol. The highest BCUT2D eigenvalue weighted by Crippen LogP contribution is 2.18. The lowest BCUT2D eigenvalue weighted by Gasteiger charge is -2.27. The summed E-state index contributed by atoms with van der Waals surface area (Å²) in [4.78, 5) is 0.348. The van der Waals surface area contributed by atoms with Crippen LogP contribution in [0.25, 0.3) is 0 Å². The summed E-state index contributed by atoms with van der Waals surface area (Å²) in [7, 11) is -7.39. The maximum atomic E-state index is 11.9. The Kier molecular flexibility index (Phi) is 13.8. The molecule has 0 amide bonds. The van der Waals surface area contributed by atoms with Crippen LogP contribution in [0.5, 0.6) is 0 Å². The minimum Gasteiger partial charge on any atom is -0.378 e. The van der Waals surface area contributed by atoms with Crippen LogP contribution < -0.4 is 0 Å². The predicted molar refractivity (Wildman–Crippen MR) is 157 cm³/mol. The standard InChI is InChI=1S/2C15H22O5S/c2*1-12-3-5-15(6-4-12)21(16,17)20-10-9-19-14-7-8-18-13(2)11-14/h2*3-6,13-14H,7-11H2,1-2H3. The van der Waals surface area contributed by atoms with Crippen molar-refractivity contribution in [3.8, 4) is 0 Å². The molecule has 2 fully saturated rings. The Morgan fingerprint density at radius 2 is 0.976 bits per heavy atom. The lowest BCUT2D eigenvalue weighted by Crippen LogP contribution is -2.30. The van der Waals surface area contributed by atoms with E-state index in [-0.39, 0.29) is 60.6 Å². The van der Waals surface area contributed by atoms with Gasteiger partial charge in [-0.1, -0.05) is 35.4 Å². The van der Waals surface area contributed by atoms with Crippen molar-refractivity contribution in [2.45, 2.75) is 87.6 Å². The van der Waals surface area contributed by atoms with Crippen LogP contribution in [0.1, 0.15) is 50.7 Å². The second-order valence-corrected chi connectivity index (χ2v) is 13.8. The Balaban J connectivity index is 0.000000230. The van der Waals surface area contributed by atoms with Gasteiger partial charge in [0.1, 0.15) is 0 Å². The van der Waals surface area contributed by atoms with Gasteiger partial charge in [-0.05, 0) is 77.6 Å². The first-order valence-electron chi connectivity index (χ1n) is 14.3. The average Bonchev–Trinajstić information content (AvgIpc) is 2.94. The van der Waals surface area contributed by atoms with E-state index in [1.807, 2.05) is 27.7 Å². The highest BCUT2D eigenvalue weighted by Gasteiger charge is 2.22. The summed E-state index contributed by atoms with van der Waals surface area (Å²) in [5.41, 5.74) is 2.01. The number of rotatable bonds is 12. The van der Waals surface area contributed by atoms with Crippen LogP contribution in [0.2, 0.25) is 0 Å². The number of hydrogen-bond donors (Lipinski definition) is 0. The van der Waals surface area contributed by atoms with Gasteiger partial charge in [0.05, 0.1) is 60.6 Å². The molecule has 0 aliphatic carbocycles. The van der Waals surface area contributed by atoms with E-state index in [4.69, 9.17) is 27.3 Å². The van der Waals surface area contributed by atoms with E-state index in [0.717, 1.165) is 36.8 Å². The molecule has 42 heavy (non-hydrogen) atoms. The van der Waals surface area contributed by atoms with Crippen LogP contribution in [-0.2, 0) is 47.5 Å². The fraction of sp³-hybridized carbons (Fsp3) is 0.600. The van der Waals surface area contributed by atoms with Gasteiger partial charge in [-0.3, -0.25) is 8.37 Å². The molecule has 12 heteroatoms. The predicted octanol–water partition coefficient (Wildman–Crippen LogP) is 4.57. The zero-order chi connectivity index (χ0) is 30.6. The molecule has 0 aromatic heterocycles. The molecule has 2 aromatic carbocycles. The highest BCUT2D eigenvalue weighted by atomic mass is 32.2. The smallest absolute Gasteiger partial charge is 0.297 e. The molecule has 2 heterocycles. The van der Waals surface area contributed by atoms with Crippen molar-refractivity contribution in [1.29, 1.82) is 0 Å². The Labute approximate surface area is 250 Å². The van der Waals surface area contributed by atoms with Crippen LogP contribution in [-0.4, -0.2) is 80.9 Å². The first-order valence-corrected chi connectivity index (χ1v) is 17.1. The van der Waals surface area contributed by atoms with E-state index in [1.165, 1.54) is 0 Å². The molecule has 0 spiro atoms. The maximum absolute atomic E-state index is 11.9. The number of hydrogen-bond acceptors (Lipinski definition) is 10. The van der Waals surface area contributed by atoms with Gasteiger partial charge in [0.15, 0.2) is 0 Å². The van der Waals surface area contributed by atoms with Crippen LogP contribution in [0, 0.1) is 13.8 Å². The van der Waals surface area contributed by atoms with Crippen molar-refractivity contribution in [3.63, 3.8) is 0 Å². The van der Waals surface area contributed by atoms with Crippen LogP contribution in [0.4, 0.5) is 0 Å². The van der Waals surface area contributed by atoms with Gasteiger partial charge in [-0.2, -0.15) is 16.8 Å². The lowest BCUT2D eigenvalue weighted by atomic mass is 10.1. The Morgan fingerprint density at radius 3 is 1.31 bits per heavy atom. The summed E-state index contributed by atoms with van der Waals surface area (Å²) in [6, 6.07) is 13.2. The van der Waals surface area contributed by atoms with Crippen molar-refractivity contribution >= 4 is 20.2 Å². The third kappa shape index (κ3) is 12.0. The molecule has 2 aliphatic rings. The normalized spacial score (nSPS) is 23.1. The Morgan fingerprint density at radius 1 is 0.619 bits per heavy atom. The molecule has 2 aliphatic heterocycles. The number of ether oxygens (including phenoxy) is 4. The third-order valence-corrected chi connectivity index (χ3v) is 9.50. The molecule has 4 atom stereocenters. The van der Waals surface area contributed by atoms with Crippen molar-refractivity contribution in [2.24, 2.45) is 0 Å². The van der Waals surface area contributed by atoms with Crippen LogP contribution in [0.3, 0.4) is 0 Å².